The van der Waals surface area contributed by atoms with Gasteiger partial charge in [-0.25, -0.2) is 0 Å². The van der Waals surface area contributed by atoms with Gasteiger partial charge in [0.1, 0.15) is 23.7 Å². The van der Waals surface area contributed by atoms with Crippen molar-refractivity contribution in [3.8, 4) is 0 Å². The second-order valence-electron chi connectivity index (χ2n) is 14.1. The van der Waals surface area contributed by atoms with Crippen LogP contribution in [0.4, 0.5) is 0 Å². The molecule has 9 N–H and O–H groups in total. The molecule has 13 nitrogen and oxygen atoms in total. The zero-order valence-corrected chi connectivity index (χ0v) is 30.2. The molecule has 280 valence electrons. The fourth-order valence-corrected chi connectivity index (χ4v) is 6.16. The van der Waals surface area contributed by atoms with Gasteiger partial charge in [-0.3, -0.25) is 24.0 Å². The van der Waals surface area contributed by atoms with E-state index in [1.54, 1.807) is 0 Å². The zero-order valence-electron chi connectivity index (χ0n) is 30.2. The van der Waals surface area contributed by atoms with Gasteiger partial charge in [-0.2, -0.15) is 0 Å². The number of unbranched alkanes of at least 4 members (excludes halogenated alkanes) is 1. The fraction of sp³-hybridized carbons (Fsp3) is 0.553. The molecule has 1 aliphatic rings. The van der Waals surface area contributed by atoms with Crippen LogP contribution in [0.15, 0.2) is 60.7 Å². The minimum Gasteiger partial charge on any atom is -0.480 e. The van der Waals surface area contributed by atoms with Crippen molar-refractivity contribution >= 4 is 29.6 Å². The first-order valence-corrected chi connectivity index (χ1v) is 18.0. The van der Waals surface area contributed by atoms with Gasteiger partial charge in [0.15, 0.2) is 0 Å². The van der Waals surface area contributed by atoms with E-state index in [0.717, 1.165) is 11.1 Å². The number of hydrogen-bond acceptors (Lipinski definition) is 8. The normalized spacial score (nSPS) is 16.4. The van der Waals surface area contributed by atoms with E-state index in [1.807, 2.05) is 74.5 Å². The summed E-state index contributed by atoms with van der Waals surface area (Å²) in [6.07, 6.45) is 2.27. The Morgan fingerprint density at radius 1 is 0.824 bits per heavy atom. The first kappa shape index (κ1) is 41.1. The van der Waals surface area contributed by atoms with Gasteiger partial charge in [0.2, 0.25) is 23.6 Å². The van der Waals surface area contributed by atoms with Crippen molar-refractivity contribution in [1.29, 1.82) is 0 Å². The van der Waals surface area contributed by atoms with Crippen LogP contribution < -0.4 is 32.7 Å². The number of amides is 4. The lowest BCUT2D eigenvalue weighted by Gasteiger charge is -2.38. The number of hydrogen-bond donors (Lipinski definition) is 7. The summed E-state index contributed by atoms with van der Waals surface area (Å²) in [6, 6.07) is 16.5. The van der Waals surface area contributed by atoms with Crippen molar-refractivity contribution < 1.29 is 29.1 Å². The summed E-state index contributed by atoms with van der Waals surface area (Å²) in [6.45, 7) is 7.22. The van der Waals surface area contributed by atoms with Crippen molar-refractivity contribution in [3.63, 3.8) is 0 Å². The third-order valence-electron chi connectivity index (χ3n) is 9.33. The molecule has 0 aliphatic carbocycles. The van der Waals surface area contributed by atoms with E-state index in [-0.39, 0.29) is 62.5 Å². The maximum absolute atomic E-state index is 13.9. The number of carbonyl (C=O) groups excluding carboxylic acids is 4. The first-order valence-electron chi connectivity index (χ1n) is 18.0. The van der Waals surface area contributed by atoms with Crippen LogP contribution >= 0.6 is 0 Å². The molecule has 1 saturated heterocycles. The number of piperidine rings is 1. The minimum absolute atomic E-state index is 0.00643. The number of aliphatic carboxylic acids is 1. The molecule has 1 heterocycles. The van der Waals surface area contributed by atoms with E-state index < -0.39 is 41.4 Å². The first-order chi connectivity index (χ1) is 24.3. The fourth-order valence-electron chi connectivity index (χ4n) is 6.16. The van der Waals surface area contributed by atoms with Crippen LogP contribution in [0, 0.1) is 5.92 Å². The Kier molecular flexibility index (Phi) is 16.5. The van der Waals surface area contributed by atoms with Gasteiger partial charge in [-0.1, -0.05) is 81.4 Å². The highest BCUT2D eigenvalue weighted by molar-refractivity contribution is 5.94. The van der Waals surface area contributed by atoms with E-state index in [9.17, 15) is 29.1 Å². The Balaban J connectivity index is 1.71. The van der Waals surface area contributed by atoms with Crippen LogP contribution in [0.5, 0.6) is 0 Å². The van der Waals surface area contributed by atoms with Gasteiger partial charge >= 0.3 is 5.97 Å². The van der Waals surface area contributed by atoms with E-state index >= 15 is 0 Å². The van der Waals surface area contributed by atoms with E-state index in [4.69, 9.17) is 11.5 Å². The topological polar surface area (TPSA) is 209 Å². The molecule has 0 bridgehead atoms. The van der Waals surface area contributed by atoms with Gasteiger partial charge < -0.3 is 42.7 Å². The lowest BCUT2D eigenvalue weighted by molar-refractivity contribution is -0.148. The van der Waals surface area contributed by atoms with Crippen LogP contribution in [-0.4, -0.2) is 96.0 Å². The number of nitrogens with one attached hydrogen (secondary N) is 4. The zero-order chi connectivity index (χ0) is 37.4. The van der Waals surface area contributed by atoms with E-state index in [2.05, 4.69) is 28.2 Å². The Bertz CT molecular complexity index is 1420. The van der Waals surface area contributed by atoms with Crippen LogP contribution in [0.2, 0.25) is 0 Å². The molecular formula is C38H57N7O6. The molecular weight excluding hydrogens is 650 g/mol. The Morgan fingerprint density at radius 3 is 2.00 bits per heavy atom. The van der Waals surface area contributed by atoms with Crippen LogP contribution in [-0.2, 0) is 30.4 Å². The summed E-state index contributed by atoms with van der Waals surface area (Å²) in [5, 5.41) is 21.3. The van der Waals surface area contributed by atoms with Gasteiger partial charge in [-0.15, -0.1) is 0 Å². The number of carbonyl (C=O) groups is 5. The van der Waals surface area contributed by atoms with Gasteiger partial charge in [0.05, 0.1) is 6.54 Å². The third kappa shape index (κ3) is 13.4. The Labute approximate surface area is 301 Å². The Morgan fingerprint density at radius 2 is 1.41 bits per heavy atom. The van der Waals surface area contributed by atoms with Crippen LogP contribution in [0.1, 0.15) is 76.3 Å². The van der Waals surface area contributed by atoms with Gasteiger partial charge in [0, 0.05) is 26.1 Å². The SMILES string of the molecule is CC(C)CC(NC(=O)C(Cc1ccccc1)NC(=O)CNCC(C)c1ccccc1)C(=O)NC(CCCCN)C(=O)N1CCC(N)(C(=O)O)CC1. The highest BCUT2D eigenvalue weighted by atomic mass is 16.4. The summed E-state index contributed by atoms with van der Waals surface area (Å²) in [5.41, 5.74) is 12.3. The lowest BCUT2D eigenvalue weighted by atomic mass is 9.88. The molecule has 3 rings (SSSR count). The van der Waals surface area contributed by atoms with Crippen LogP contribution in [0.25, 0.3) is 0 Å². The molecule has 2 aromatic carbocycles. The molecule has 4 unspecified atom stereocenters. The van der Waals surface area contributed by atoms with Crippen molar-refractivity contribution in [2.24, 2.45) is 17.4 Å². The van der Waals surface area contributed by atoms with Crippen LogP contribution in [0.3, 0.4) is 0 Å². The monoisotopic (exact) mass is 707 g/mol. The lowest BCUT2D eigenvalue weighted by Crippen LogP contribution is -2.60. The predicted molar refractivity (Wildman–Crippen MR) is 196 cm³/mol. The maximum atomic E-state index is 13.9. The van der Waals surface area contributed by atoms with E-state index in [0.29, 0.717) is 38.8 Å². The van der Waals surface area contributed by atoms with Gasteiger partial charge in [0.25, 0.3) is 0 Å². The number of nitrogens with zero attached hydrogens (tertiary/aromatic N) is 1. The molecule has 4 atom stereocenters. The second kappa shape index (κ2) is 20.5. The van der Waals surface area contributed by atoms with Crippen molar-refractivity contribution in [2.45, 2.75) is 95.3 Å². The smallest absolute Gasteiger partial charge is 0.323 e. The quantitative estimate of drug-likeness (QED) is 0.0997. The molecule has 2 aromatic rings. The summed E-state index contributed by atoms with van der Waals surface area (Å²) >= 11 is 0. The molecule has 1 fully saturated rings. The van der Waals surface area contributed by atoms with Crippen molar-refractivity contribution in [1.82, 2.24) is 26.2 Å². The maximum Gasteiger partial charge on any atom is 0.323 e. The van der Waals surface area contributed by atoms with E-state index in [1.165, 1.54) is 4.90 Å². The largest absolute Gasteiger partial charge is 0.480 e. The summed E-state index contributed by atoms with van der Waals surface area (Å²) in [5.74, 6) is -2.62. The Hall–Kier alpha value is -4.33. The predicted octanol–water partition coefficient (Wildman–Crippen LogP) is 1.66. The van der Waals surface area contributed by atoms with Gasteiger partial charge in [-0.05, 0) is 68.0 Å². The standard InChI is InChI=1S/C38H57N7O6/c1-26(2)22-31(34(47)43-30(16-10-11-19-39)36(49)45-20-17-38(40,18-21-45)37(50)51)44-35(48)32(23-28-12-6-4-7-13-28)42-33(46)25-41-24-27(3)29-14-8-5-9-15-29/h4-9,12-15,26-27,30-32,41H,10-11,16-25,39-40H2,1-3H3,(H,42,46)(H,43,47)(H,44,48)(H,50,51). The third-order valence-corrected chi connectivity index (χ3v) is 9.33. The second-order valence-corrected chi connectivity index (χ2v) is 14.1. The number of carboxylic acid groups (broad SMARTS) is 1. The number of rotatable bonds is 20. The number of carboxylic acids is 1. The minimum atomic E-state index is -1.40. The number of nitrogens with two attached hydrogens (primary N) is 2. The molecule has 0 saturated carbocycles. The molecule has 13 heteroatoms. The number of benzene rings is 2. The average molecular weight is 708 g/mol. The summed E-state index contributed by atoms with van der Waals surface area (Å²) in [7, 11) is 0. The molecule has 0 radical (unpaired) electrons. The highest BCUT2D eigenvalue weighted by Gasteiger charge is 2.40. The average Bonchev–Trinajstić information content (AvgIpc) is 3.11. The molecule has 4 amide bonds. The highest BCUT2D eigenvalue weighted by Crippen LogP contribution is 2.21. The summed E-state index contributed by atoms with van der Waals surface area (Å²) in [4.78, 5) is 67.7. The summed E-state index contributed by atoms with van der Waals surface area (Å²) < 4.78 is 0. The number of likely N-dealkylation sites (tertiary alicyclic amines) is 1. The molecule has 1 aliphatic heterocycles. The molecule has 0 spiro atoms. The molecule has 51 heavy (non-hydrogen) atoms. The molecule has 0 aromatic heterocycles. The van der Waals surface area contributed by atoms with Crippen molar-refractivity contribution in [2.75, 3.05) is 32.7 Å². The van der Waals surface area contributed by atoms with Crippen molar-refractivity contribution in [3.05, 3.63) is 71.8 Å².